The van der Waals surface area contributed by atoms with Crippen LogP contribution in [-0.4, -0.2) is 28.2 Å². The van der Waals surface area contributed by atoms with Crippen LogP contribution in [0.4, 0.5) is 4.39 Å². The average Bonchev–Trinajstić information content (AvgIpc) is 2.78. The van der Waals surface area contributed by atoms with Gasteiger partial charge in [-0.3, -0.25) is 0 Å². The monoisotopic (exact) mass is 236 g/mol. The molecular formula is C11H9FN2O3. The zero-order valence-corrected chi connectivity index (χ0v) is 8.90. The Bertz CT molecular complexity index is 566. The summed E-state index contributed by atoms with van der Waals surface area (Å²) in [5, 5.41) is 8.77. The lowest BCUT2D eigenvalue weighted by Gasteiger charge is -2.04. The molecule has 0 saturated heterocycles. The van der Waals surface area contributed by atoms with Gasteiger partial charge in [0.2, 0.25) is 5.88 Å². The van der Waals surface area contributed by atoms with Gasteiger partial charge in [0.25, 0.3) is 0 Å². The van der Waals surface area contributed by atoms with Gasteiger partial charge < -0.3 is 14.8 Å². The van der Waals surface area contributed by atoms with Crippen molar-refractivity contribution in [1.29, 1.82) is 0 Å². The van der Waals surface area contributed by atoms with E-state index >= 15 is 0 Å². The number of pyridine rings is 1. The lowest BCUT2D eigenvalue weighted by Crippen LogP contribution is -1.95. The molecule has 0 spiro atoms. The molecule has 0 radical (unpaired) electrons. The first-order chi connectivity index (χ1) is 8.11. The molecule has 2 aromatic heterocycles. The zero-order chi connectivity index (χ0) is 12.4. The van der Waals surface area contributed by atoms with Crippen LogP contribution in [0.15, 0.2) is 24.5 Å². The summed E-state index contributed by atoms with van der Waals surface area (Å²) in [6, 6.07) is 2.63. The molecular weight excluding hydrogens is 227 g/mol. The second-order valence-electron chi connectivity index (χ2n) is 3.32. The van der Waals surface area contributed by atoms with Gasteiger partial charge in [0, 0.05) is 17.3 Å². The van der Waals surface area contributed by atoms with E-state index < -0.39 is 11.8 Å². The number of carboxylic acid groups (broad SMARTS) is 1. The number of nitrogens with one attached hydrogen (secondary N) is 1. The molecule has 0 aliphatic rings. The molecule has 0 atom stereocenters. The second-order valence-corrected chi connectivity index (χ2v) is 3.32. The molecule has 0 aliphatic heterocycles. The minimum atomic E-state index is -1.08. The van der Waals surface area contributed by atoms with E-state index in [1.807, 2.05) is 0 Å². The van der Waals surface area contributed by atoms with Gasteiger partial charge in [-0.05, 0) is 12.1 Å². The average molecular weight is 236 g/mol. The number of hydrogen-bond donors (Lipinski definition) is 2. The van der Waals surface area contributed by atoms with Crippen molar-refractivity contribution in [2.24, 2.45) is 0 Å². The maximum Gasteiger partial charge on any atom is 0.352 e. The number of methoxy groups -OCH3 is 1. The van der Waals surface area contributed by atoms with Gasteiger partial charge in [0.1, 0.15) is 11.5 Å². The Morgan fingerprint density at radius 2 is 2.29 bits per heavy atom. The van der Waals surface area contributed by atoms with Gasteiger partial charge in [-0.2, -0.15) is 0 Å². The van der Waals surface area contributed by atoms with E-state index in [2.05, 4.69) is 9.97 Å². The van der Waals surface area contributed by atoms with E-state index in [4.69, 9.17) is 9.84 Å². The SMILES string of the molecule is COc1ncc(F)cc1-c1c[nH]c(C(=O)O)c1. The smallest absolute Gasteiger partial charge is 0.352 e. The van der Waals surface area contributed by atoms with Crippen LogP contribution in [0.1, 0.15) is 10.5 Å². The fraction of sp³-hybridized carbons (Fsp3) is 0.0909. The number of hydrogen-bond acceptors (Lipinski definition) is 3. The third kappa shape index (κ3) is 2.10. The Hall–Kier alpha value is -2.37. The molecule has 0 unspecified atom stereocenters. The molecule has 2 heterocycles. The van der Waals surface area contributed by atoms with Gasteiger partial charge in [0.15, 0.2) is 0 Å². The number of halogens is 1. The Labute approximate surface area is 95.9 Å². The number of rotatable bonds is 3. The number of aromatic nitrogens is 2. The van der Waals surface area contributed by atoms with Crippen molar-refractivity contribution in [3.05, 3.63) is 36.0 Å². The summed E-state index contributed by atoms with van der Waals surface area (Å²) in [7, 11) is 1.41. The predicted octanol–water partition coefficient (Wildman–Crippen LogP) is 1.92. The van der Waals surface area contributed by atoms with Crippen LogP contribution in [0.5, 0.6) is 5.88 Å². The number of aromatic carboxylic acids is 1. The van der Waals surface area contributed by atoms with Crippen LogP contribution in [-0.2, 0) is 0 Å². The summed E-state index contributed by atoms with van der Waals surface area (Å²) >= 11 is 0. The highest BCUT2D eigenvalue weighted by Gasteiger charge is 2.13. The number of carbonyl (C=O) groups is 1. The number of H-pyrrole nitrogens is 1. The predicted molar refractivity (Wildman–Crippen MR) is 57.5 cm³/mol. The summed E-state index contributed by atoms with van der Waals surface area (Å²) in [6.07, 6.45) is 2.50. The molecule has 6 heteroatoms. The molecule has 0 amide bonds. The topological polar surface area (TPSA) is 75.2 Å². The molecule has 0 saturated carbocycles. The van der Waals surface area contributed by atoms with Crippen molar-refractivity contribution in [2.45, 2.75) is 0 Å². The first kappa shape index (κ1) is 11.1. The summed E-state index contributed by atoms with van der Waals surface area (Å²) in [4.78, 5) is 17.1. The number of ether oxygens (including phenoxy) is 1. The standard InChI is InChI=1S/C11H9FN2O3/c1-17-10-8(3-7(12)5-14-10)6-2-9(11(15)16)13-4-6/h2-5,13H,1H3,(H,15,16). The van der Waals surface area contributed by atoms with Crippen molar-refractivity contribution in [1.82, 2.24) is 9.97 Å². The van der Waals surface area contributed by atoms with Crippen molar-refractivity contribution in [3.8, 4) is 17.0 Å². The summed E-state index contributed by atoms with van der Waals surface area (Å²) in [5.41, 5.74) is 0.925. The summed E-state index contributed by atoms with van der Waals surface area (Å²) in [5.74, 6) is -1.36. The normalized spacial score (nSPS) is 10.2. The largest absolute Gasteiger partial charge is 0.481 e. The molecule has 0 fully saturated rings. The molecule has 5 nitrogen and oxygen atoms in total. The number of nitrogens with zero attached hydrogens (tertiary/aromatic N) is 1. The Kier molecular flexibility index (Phi) is 2.78. The van der Waals surface area contributed by atoms with Crippen LogP contribution in [0.3, 0.4) is 0 Å². The number of carboxylic acids is 1. The van der Waals surface area contributed by atoms with Crippen LogP contribution in [0.2, 0.25) is 0 Å². The molecule has 88 valence electrons. The maximum atomic E-state index is 13.1. The lowest BCUT2D eigenvalue weighted by atomic mass is 10.1. The first-order valence-electron chi connectivity index (χ1n) is 4.73. The highest BCUT2D eigenvalue weighted by atomic mass is 19.1. The summed E-state index contributed by atoms with van der Waals surface area (Å²) < 4.78 is 18.1. The lowest BCUT2D eigenvalue weighted by molar-refractivity contribution is 0.0691. The van der Waals surface area contributed by atoms with Crippen molar-refractivity contribution >= 4 is 5.97 Å². The van der Waals surface area contributed by atoms with Crippen molar-refractivity contribution < 1.29 is 19.0 Å². The number of aromatic amines is 1. The van der Waals surface area contributed by atoms with Gasteiger partial charge in [-0.15, -0.1) is 0 Å². The Morgan fingerprint density at radius 3 is 2.88 bits per heavy atom. The van der Waals surface area contributed by atoms with Crippen LogP contribution < -0.4 is 4.74 Å². The molecule has 2 N–H and O–H groups in total. The van der Waals surface area contributed by atoms with Crippen LogP contribution >= 0.6 is 0 Å². The van der Waals surface area contributed by atoms with E-state index in [0.29, 0.717) is 11.1 Å². The van der Waals surface area contributed by atoms with Gasteiger partial charge in [-0.25, -0.2) is 14.2 Å². The van der Waals surface area contributed by atoms with E-state index in [-0.39, 0.29) is 11.6 Å². The molecule has 17 heavy (non-hydrogen) atoms. The van der Waals surface area contributed by atoms with E-state index in [9.17, 15) is 9.18 Å². The highest BCUT2D eigenvalue weighted by molar-refractivity contribution is 5.88. The van der Waals surface area contributed by atoms with Gasteiger partial charge >= 0.3 is 5.97 Å². The van der Waals surface area contributed by atoms with Crippen molar-refractivity contribution in [3.63, 3.8) is 0 Å². The third-order valence-corrected chi connectivity index (χ3v) is 2.24. The molecule has 0 aliphatic carbocycles. The van der Waals surface area contributed by atoms with E-state index in [1.54, 1.807) is 0 Å². The minimum Gasteiger partial charge on any atom is -0.481 e. The molecule has 2 aromatic rings. The van der Waals surface area contributed by atoms with Crippen molar-refractivity contribution in [2.75, 3.05) is 7.11 Å². The van der Waals surface area contributed by atoms with E-state index in [1.165, 1.54) is 25.4 Å². The molecule has 2 rings (SSSR count). The van der Waals surface area contributed by atoms with Crippen LogP contribution in [0, 0.1) is 5.82 Å². The first-order valence-corrected chi connectivity index (χ1v) is 4.73. The quantitative estimate of drug-likeness (QED) is 0.853. The Morgan fingerprint density at radius 1 is 1.53 bits per heavy atom. The minimum absolute atomic E-state index is 0.0197. The van der Waals surface area contributed by atoms with Crippen LogP contribution in [0.25, 0.3) is 11.1 Å². The second kappa shape index (κ2) is 4.25. The zero-order valence-electron chi connectivity index (χ0n) is 8.90. The molecule has 0 bridgehead atoms. The van der Waals surface area contributed by atoms with Gasteiger partial charge in [0.05, 0.1) is 13.3 Å². The van der Waals surface area contributed by atoms with E-state index in [0.717, 1.165) is 6.20 Å². The molecule has 0 aromatic carbocycles. The fourth-order valence-corrected chi connectivity index (χ4v) is 1.47. The Balaban J connectivity index is 2.51. The third-order valence-electron chi connectivity index (χ3n) is 2.24. The maximum absolute atomic E-state index is 13.1. The highest BCUT2D eigenvalue weighted by Crippen LogP contribution is 2.28. The summed E-state index contributed by atoms with van der Waals surface area (Å²) in [6.45, 7) is 0. The fourth-order valence-electron chi connectivity index (χ4n) is 1.47. The van der Waals surface area contributed by atoms with Gasteiger partial charge in [-0.1, -0.05) is 0 Å².